The van der Waals surface area contributed by atoms with Gasteiger partial charge >= 0.3 is 0 Å². The van der Waals surface area contributed by atoms with Crippen LogP contribution in [0.2, 0.25) is 0 Å². The number of benzene rings is 9. The molecule has 0 atom stereocenters. The van der Waals surface area contributed by atoms with Crippen LogP contribution in [0.25, 0.3) is 109 Å². The Morgan fingerprint density at radius 3 is 1.51 bits per heavy atom. The molecule has 2 aromatic heterocycles. The Hall–Kier alpha value is -7.27. The van der Waals surface area contributed by atoms with Crippen LogP contribution in [0.15, 0.2) is 200 Å². The van der Waals surface area contributed by atoms with Crippen molar-refractivity contribution in [1.82, 2.24) is 15.0 Å². The molecule has 0 amide bonds. The van der Waals surface area contributed by atoms with Gasteiger partial charge in [0.25, 0.3) is 0 Å². The van der Waals surface area contributed by atoms with Crippen LogP contribution >= 0.6 is 11.3 Å². The van der Waals surface area contributed by atoms with E-state index in [2.05, 4.69) is 194 Å². The smallest absolute Gasteiger partial charge is 0.164 e. The molecule has 0 bridgehead atoms. The van der Waals surface area contributed by atoms with Crippen LogP contribution < -0.4 is 0 Å². The molecular weight excluding hydrogens is 711 g/mol. The van der Waals surface area contributed by atoms with Crippen LogP contribution in [-0.4, -0.2) is 15.0 Å². The Morgan fingerprint density at radius 2 is 0.772 bits per heavy atom. The highest BCUT2D eigenvalue weighted by Gasteiger charge is 2.17. The van der Waals surface area contributed by atoms with E-state index in [1.807, 2.05) is 17.4 Å². The van der Waals surface area contributed by atoms with Gasteiger partial charge in [-0.05, 0) is 79.2 Å². The second-order valence-corrected chi connectivity index (χ2v) is 15.4. The van der Waals surface area contributed by atoms with Gasteiger partial charge in [0.1, 0.15) is 0 Å². The Labute approximate surface area is 334 Å². The average Bonchev–Trinajstić information content (AvgIpc) is 3.68. The van der Waals surface area contributed by atoms with Crippen LogP contribution in [-0.2, 0) is 0 Å². The summed E-state index contributed by atoms with van der Waals surface area (Å²) in [5, 5.41) is 7.50. The minimum absolute atomic E-state index is 0.631. The first-order valence-electron chi connectivity index (χ1n) is 19.2. The van der Waals surface area contributed by atoms with E-state index >= 15 is 0 Å². The molecule has 0 aliphatic carbocycles. The van der Waals surface area contributed by atoms with Gasteiger partial charge in [-0.15, -0.1) is 11.3 Å². The van der Waals surface area contributed by atoms with Gasteiger partial charge in [0.05, 0.1) is 0 Å². The first-order valence-corrected chi connectivity index (χ1v) is 20.0. The normalized spacial score (nSPS) is 11.5. The molecule has 57 heavy (non-hydrogen) atoms. The predicted molar refractivity (Wildman–Crippen MR) is 240 cm³/mol. The number of fused-ring (bicyclic) bond motifs is 6. The topological polar surface area (TPSA) is 38.7 Å². The maximum atomic E-state index is 5.22. The van der Waals surface area contributed by atoms with Crippen molar-refractivity contribution in [3.05, 3.63) is 200 Å². The lowest BCUT2D eigenvalue weighted by molar-refractivity contribution is 1.07. The van der Waals surface area contributed by atoms with E-state index in [-0.39, 0.29) is 0 Å². The average molecular weight is 744 g/mol. The molecule has 0 spiro atoms. The van der Waals surface area contributed by atoms with E-state index in [0.717, 1.165) is 33.4 Å². The van der Waals surface area contributed by atoms with E-state index in [4.69, 9.17) is 15.0 Å². The van der Waals surface area contributed by atoms with E-state index in [9.17, 15) is 0 Å². The van der Waals surface area contributed by atoms with Crippen molar-refractivity contribution in [1.29, 1.82) is 0 Å². The van der Waals surface area contributed by atoms with Crippen molar-refractivity contribution in [3.8, 4) is 67.5 Å². The fourth-order valence-electron chi connectivity index (χ4n) is 8.12. The minimum atomic E-state index is 0.631. The molecule has 4 heteroatoms. The number of hydrogen-bond donors (Lipinski definition) is 0. The summed E-state index contributed by atoms with van der Waals surface area (Å²) >= 11 is 1.84. The molecule has 0 saturated heterocycles. The zero-order valence-corrected chi connectivity index (χ0v) is 31.6. The highest BCUT2D eigenvalue weighted by Crippen LogP contribution is 2.41. The van der Waals surface area contributed by atoms with Crippen molar-refractivity contribution in [3.63, 3.8) is 0 Å². The minimum Gasteiger partial charge on any atom is -0.208 e. The van der Waals surface area contributed by atoms with Crippen LogP contribution in [0.3, 0.4) is 0 Å². The summed E-state index contributed by atoms with van der Waals surface area (Å²) in [5.41, 5.74) is 9.75. The maximum Gasteiger partial charge on any atom is 0.164 e. The molecular formula is C53H33N3S. The van der Waals surface area contributed by atoms with Crippen LogP contribution in [0.4, 0.5) is 0 Å². The molecule has 0 saturated carbocycles. The summed E-state index contributed by atoms with van der Waals surface area (Å²) in [6, 6.07) is 71.0. The van der Waals surface area contributed by atoms with Crippen molar-refractivity contribution < 1.29 is 0 Å². The van der Waals surface area contributed by atoms with Gasteiger partial charge in [-0.25, -0.2) is 15.0 Å². The molecule has 0 radical (unpaired) electrons. The van der Waals surface area contributed by atoms with Crippen LogP contribution in [0, 0.1) is 0 Å². The quantitative estimate of drug-likeness (QED) is 0.159. The van der Waals surface area contributed by atoms with Gasteiger partial charge in [-0.2, -0.15) is 0 Å². The molecule has 0 unspecified atom stereocenters. The fraction of sp³-hybridized carbons (Fsp3) is 0. The summed E-state index contributed by atoms with van der Waals surface area (Å²) in [5.74, 6) is 1.90. The summed E-state index contributed by atoms with van der Waals surface area (Å²) in [4.78, 5) is 15.6. The Bertz CT molecular complexity index is 3290. The summed E-state index contributed by atoms with van der Waals surface area (Å²) < 4.78 is 2.57. The van der Waals surface area contributed by atoms with Gasteiger partial charge in [0.15, 0.2) is 17.5 Å². The number of nitrogens with zero attached hydrogens (tertiary/aromatic N) is 3. The molecule has 3 nitrogen and oxygen atoms in total. The molecule has 11 aromatic rings. The van der Waals surface area contributed by atoms with Gasteiger partial charge < -0.3 is 0 Å². The lowest BCUT2D eigenvalue weighted by Gasteiger charge is -2.13. The number of rotatable bonds is 6. The Balaban J connectivity index is 1.07. The summed E-state index contributed by atoms with van der Waals surface area (Å²) in [7, 11) is 0. The van der Waals surface area contributed by atoms with Crippen molar-refractivity contribution in [2.24, 2.45) is 0 Å². The van der Waals surface area contributed by atoms with E-state index in [1.165, 1.54) is 58.4 Å². The molecule has 2 heterocycles. The van der Waals surface area contributed by atoms with E-state index in [0.29, 0.717) is 17.5 Å². The monoisotopic (exact) mass is 743 g/mol. The molecule has 0 N–H and O–H groups in total. The van der Waals surface area contributed by atoms with Gasteiger partial charge in [-0.1, -0.05) is 176 Å². The SMILES string of the molecule is c1ccc(-c2ccc(-c3nc(-c4cccc(-c5cc6ccccc6c6ccccc56)c4)nc(-c4cccc(-c5cccc6c5sc5ccccc56)c4)n3)cc2)cc1. The molecule has 266 valence electrons. The molecule has 0 aliphatic heterocycles. The molecule has 0 fully saturated rings. The second kappa shape index (κ2) is 13.8. The van der Waals surface area contributed by atoms with Crippen LogP contribution in [0.1, 0.15) is 0 Å². The van der Waals surface area contributed by atoms with Crippen molar-refractivity contribution in [2.75, 3.05) is 0 Å². The third-order valence-corrected chi connectivity index (χ3v) is 12.1. The second-order valence-electron chi connectivity index (χ2n) is 14.4. The van der Waals surface area contributed by atoms with Crippen LogP contribution in [0.5, 0.6) is 0 Å². The third-order valence-electron chi connectivity index (χ3n) is 10.9. The molecule has 11 rings (SSSR count). The van der Waals surface area contributed by atoms with Crippen molar-refractivity contribution >= 4 is 53.1 Å². The number of aromatic nitrogens is 3. The molecule has 0 aliphatic rings. The summed E-state index contributed by atoms with van der Waals surface area (Å²) in [6.07, 6.45) is 0. The molecule has 9 aromatic carbocycles. The highest BCUT2D eigenvalue weighted by atomic mass is 32.1. The number of thiophene rings is 1. The van der Waals surface area contributed by atoms with Gasteiger partial charge in [-0.3, -0.25) is 0 Å². The third kappa shape index (κ3) is 5.95. The van der Waals surface area contributed by atoms with Crippen molar-refractivity contribution in [2.45, 2.75) is 0 Å². The largest absolute Gasteiger partial charge is 0.208 e. The fourth-order valence-corrected chi connectivity index (χ4v) is 9.36. The number of hydrogen-bond acceptors (Lipinski definition) is 4. The Morgan fingerprint density at radius 1 is 0.281 bits per heavy atom. The lowest BCUT2D eigenvalue weighted by Crippen LogP contribution is -2.00. The zero-order valence-electron chi connectivity index (χ0n) is 30.8. The maximum absolute atomic E-state index is 5.22. The van der Waals surface area contributed by atoms with E-state index < -0.39 is 0 Å². The zero-order chi connectivity index (χ0) is 37.7. The van der Waals surface area contributed by atoms with Gasteiger partial charge in [0, 0.05) is 36.9 Å². The lowest BCUT2D eigenvalue weighted by atomic mass is 9.92. The van der Waals surface area contributed by atoms with Gasteiger partial charge in [0.2, 0.25) is 0 Å². The highest BCUT2D eigenvalue weighted by molar-refractivity contribution is 7.26. The summed E-state index contributed by atoms with van der Waals surface area (Å²) in [6.45, 7) is 0. The van der Waals surface area contributed by atoms with E-state index in [1.54, 1.807) is 0 Å². The first-order chi connectivity index (χ1) is 28.2. The Kier molecular flexibility index (Phi) is 8.01. The predicted octanol–water partition coefficient (Wildman–Crippen LogP) is 14.5. The first kappa shape index (κ1) is 33.1. The standard InChI is InChI=1S/C53H33N3S/c1-2-13-34(14-3-1)35-27-29-36(30-28-35)51-54-52(40-18-10-16-37(31-40)43-24-12-25-47-46-23-8-9-26-49(46)57-50(43)47)56-53(55-51)41-19-11-17-38(32-41)48-33-39-15-4-5-20-42(39)44-21-6-7-22-45(44)48/h1-33H.